The SMILES string of the molecule is Cc1ccc(C(N)=S)c(Oc2ccccc2C(F)(F)F)n1. The fourth-order valence-corrected chi connectivity index (χ4v) is 1.85. The van der Waals surface area contributed by atoms with Crippen molar-refractivity contribution in [2.75, 3.05) is 0 Å². The Morgan fingerprint density at radius 3 is 2.48 bits per heavy atom. The summed E-state index contributed by atoms with van der Waals surface area (Å²) in [5, 5.41) is 0. The Morgan fingerprint density at radius 2 is 1.86 bits per heavy atom. The molecule has 2 N–H and O–H groups in total. The molecule has 0 amide bonds. The first-order valence-electron chi connectivity index (χ1n) is 5.90. The molecule has 0 fully saturated rings. The van der Waals surface area contributed by atoms with Crippen LogP contribution in [0.15, 0.2) is 36.4 Å². The second-order valence-corrected chi connectivity index (χ2v) is 4.71. The van der Waals surface area contributed by atoms with Crippen LogP contribution >= 0.6 is 12.2 Å². The van der Waals surface area contributed by atoms with Crippen LogP contribution in [0.1, 0.15) is 16.8 Å². The fourth-order valence-electron chi connectivity index (χ4n) is 1.69. The number of aromatic nitrogens is 1. The van der Waals surface area contributed by atoms with E-state index in [9.17, 15) is 13.2 Å². The van der Waals surface area contributed by atoms with Crippen molar-refractivity contribution in [2.24, 2.45) is 5.73 Å². The van der Waals surface area contributed by atoms with Crippen LogP contribution in [0.5, 0.6) is 11.6 Å². The van der Waals surface area contributed by atoms with Crippen LogP contribution in [0.2, 0.25) is 0 Å². The van der Waals surface area contributed by atoms with Crippen molar-refractivity contribution in [3.8, 4) is 11.6 Å². The first-order valence-corrected chi connectivity index (χ1v) is 6.31. The van der Waals surface area contributed by atoms with Gasteiger partial charge >= 0.3 is 6.18 Å². The maximum atomic E-state index is 12.9. The van der Waals surface area contributed by atoms with Gasteiger partial charge in [0.1, 0.15) is 10.7 Å². The Kier molecular flexibility index (Phi) is 4.13. The van der Waals surface area contributed by atoms with Gasteiger partial charge in [0.25, 0.3) is 0 Å². The maximum Gasteiger partial charge on any atom is 0.419 e. The van der Waals surface area contributed by atoms with Crippen molar-refractivity contribution in [1.82, 2.24) is 4.98 Å². The lowest BCUT2D eigenvalue weighted by molar-refractivity contribution is -0.138. The van der Waals surface area contributed by atoms with E-state index < -0.39 is 11.7 Å². The summed E-state index contributed by atoms with van der Waals surface area (Å²) in [6, 6.07) is 8.10. The summed E-state index contributed by atoms with van der Waals surface area (Å²) < 4.78 is 44.1. The smallest absolute Gasteiger partial charge is 0.419 e. The molecule has 1 heterocycles. The number of halogens is 3. The van der Waals surface area contributed by atoms with Gasteiger partial charge in [0.05, 0.1) is 11.1 Å². The molecule has 3 nitrogen and oxygen atoms in total. The third kappa shape index (κ3) is 3.49. The lowest BCUT2D eigenvalue weighted by Crippen LogP contribution is -2.13. The summed E-state index contributed by atoms with van der Waals surface area (Å²) >= 11 is 4.85. The van der Waals surface area contributed by atoms with Crippen molar-refractivity contribution in [2.45, 2.75) is 13.1 Å². The number of pyridine rings is 1. The summed E-state index contributed by atoms with van der Waals surface area (Å²) in [5.41, 5.74) is 5.51. The third-order valence-corrected chi connectivity index (χ3v) is 2.88. The van der Waals surface area contributed by atoms with Gasteiger partial charge in [-0.1, -0.05) is 24.4 Å². The minimum absolute atomic E-state index is 0.00184. The van der Waals surface area contributed by atoms with Gasteiger partial charge in [0.15, 0.2) is 0 Å². The number of para-hydroxylation sites is 1. The fraction of sp³-hybridized carbons (Fsp3) is 0.143. The van der Waals surface area contributed by atoms with Crippen molar-refractivity contribution in [1.29, 1.82) is 0 Å². The number of thiocarbonyl (C=S) groups is 1. The molecular formula is C14H11F3N2OS. The Morgan fingerprint density at radius 1 is 1.19 bits per heavy atom. The Balaban J connectivity index is 2.49. The van der Waals surface area contributed by atoms with Crippen LogP contribution in [0, 0.1) is 6.92 Å². The van der Waals surface area contributed by atoms with Gasteiger partial charge in [-0.25, -0.2) is 4.98 Å². The van der Waals surface area contributed by atoms with E-state index >= 15 is 0 Å². The lowest BCUT2D eigenvalue weighted by Gasteiger charge is -2.14. The van der Waals surface area contributed by atoms with E-state index in [1.807, 2.05) is 0 Å². The molecule has 2 rings (SSSR count). The van der Waals surface area contributed by atoms with E-state index in [1.54, 1.807) is 19.1 Å². The summed E-state index contributed by atoms with van der Waals surface area (Å²) in [4.78, 5) is 4.06. The van der Waals surface area contributed by atoms with Gasteiger partial charge in [-0.3, -0.25) is 0 Å². The third-order valence-electron chi connectivity index (χ3n) is 2.66. The average molecular weight is 312 g/mol. The number of ether oxygens (including phenoxy) is 1. The number of nitrogens with two attached hydrogens (primary N) is 1. The molecule has 0 spiro atoms. The molecule has 0 bridgehead atoms. The Labute approximate surface area is 124 Å². The largest absolute Gasteiger partial charge is 0.438 e. The van der Waals surface area contributed by atoms with Crippen LogP contribution in [-0.2, 0) is 6.18 Å². The standard InChI is InChI=1S/C14H11F3N2OS/c1-8-6-7-9(12(18)21)13(19-8)20-11-5-3-2-4-10(11)14(15,16)17/h2-7H,1H3,(H2,18,21). The maximum absolute atomic E-state index is 12.9. The first kappa shape index (κ1) is 15.2. The molecule has 0 radical (unpaired) electrons. The predicted molar refractivity (Wildman–Crippen MR) is 76.4 cm³/mol. The molecule has 2 aromatic rings. The van der Waals surface area contributed by atoms with Crippen LogP contribution in [0.25, 0.3) is 0 Å². The summed E-state index contributed by atoms with van der Waals surface area (Å²) in [6.45, 7) is 1.69. The van der Waals surface area contributed by atoms with E-state index in [0.29, 0.717) is 5.69 Å². The summed E-state index contributed by atoms with van der Waals surface area (Å²) in [7, 11) is 0. The predicted octanol–water partition coefficient (Wildman–Crippen LogP) is 3.84. The highest BCUT2D eigenvalue weighted by Gasteiger charge is 2.34. The van der Waals surface area contributed by atoms with E-state index in [1.165, 1.54) is 18.2 Å². The minimum Gasteiger partial charge on any atom is -0.438 e. The molecule has 7 heteroatoms. The highest BCUT2D eigenvalue weighted by atomic mass is 32.1. The number of nitrogens with zero attached hydrogens (tertiary/aromatic N) is 1. The van der Waals surface area contributed by atoms with Crippen molar-refractivity contribution in [3.05, 3.63) is 53.2 Å². The lowest BCUT2D eigenvalue weighted by atomic mass is 10.2. The van der Waals surface area contributed by atoms with Crippen molar-refractivity contribution >= 4 is 17.2 Å². The number of aryl methyl sites for hydroxylation is 1. The van der Waals surface area contributed by atoms with Gasteiger partial charge < -0.3 is 10.5 Å². The first-order chi connectivity index (χ1) is 9.79. The van der Waals surface area contributed by atoms with Crippen LogP contribution in [0.4, 0.5) is 13.2 Å². The molecule has 1 aromatic heterocycles. The highest BCUT2D eigenvalue weighted by molar-refractivity contribution is 7.80. The quantitative estimate of drug-likeness (QED) is 0.875. The molecule has 0 aliphatic carbocycles. The normalized spacial score (nSPS) is 11.2. The molecule has 0 saturated carbocycles. The van der Waals surface area contributed by atoms with E-state index in [-0.39, 0.29) is 22.2 Å². The van der Waals surface area contributed by atoms with Gasteiger partial charge in [-0.2, -0.15) is 13.2 Å². The molecule has 21 heavy (non-hydrogen) atoms. The number of hydrogen-bond acceptors (Lipinski definition) is 3. The Hall–Kier alpha value is -2.15. The molecule has 0 unspecified atom stereocenters. The zero-order chi connectivity index (χ0) is 15.6. The zero-order valence-corrected chi connectivity index (χ0v) is 11.8. The molecule has 0 aliphatic heterocycles. The number of benzene rings is 1. The second kappa shape index (κ2) is 5.69. The highest BCUT2D eigenvalue weighted by Crippen LogP contribution is 2.38. The second-order valence-electron chi connectivity index (χ2n) is 4.27. The van der Waals surface area contributed by atoms with E-state index in [4.69, 9.17) is 22.7 Å². The van der Waals surface area contributed by atoms with Gasteiger partial charge in [-0.15, -0.1) is 0 Å². The number of rotatable bonds is 3. The molecule has 110 valence electrons. The average Bonchev–Trinajstić information content (AvgIpc) is 2.37. The van der Waals surface area contributed by atoms with Gasteiger partial charge in [0.2, 0.25) is 5.88 Å². The minimum atomic E-state index is -4.52. The monoisotopic (exact) mass is 312 g/mol. The molecule has 0 saturated heterocycles. The van der Waals surface area contributed by atoms with Crippen molar-refractivity contribution in [3.63, 3.8) is 0 Å². The van der Waals surface area contributed by atoms with Crippen LogP contribution in [0.3, 0.4) is 0 Å². The number of hydrogen-bond donors (Lipinski definition) is 1. The van der Waals surface area contributed by atoms with Gasteiger partial charge in [-0.05, 0) is 31.2 Å². The zero-order valence-electron chi connectivity index (χ0n) is 10.9. The Bertz CT molecular complexity index is 686. The number of alkyl halides is 3. The summed E-state index contributed by atoms with van der Waals surface area (Å²) in [5.74, 6) is -0.389. The molecule has 0 aliphatic rings. The molecule has 1 aromatic carbocycles. The van der Waals surface area contributed by atoms with Crippen LogP contribution < -0.4 is 10.5 Å². The summed E-state index contributed by atoms with van der Waals surface area (Å²) in [6.07, 6.45) is -4.52. The van der Waals surface area contributed by atoms with E-state index in [2.05, 4.69) is 4.98 Å². The molecule has 0 atom stereocenters. The van der Waals surface area contributed by atoms with Gasteiger partial charge in [0, 0.05) is 5.69 Å². The van der Waals surface area contributed by atoms with E-state index in [0.717, 1.165) is 6.07 Å². The topological polar surface area (TPSA) is 48.1 Å². The van der Waals surface area contributed by atoms with Crippen LogP contribution in [-0.4, -0.2) is 9.97 Å². The molecular weight excluding hydrogens is 301 g/mol. The van der Waals surface area contributed by atoms with Crippen molar-refractivity contribution < 1.29 is 17.9 Å².